The fraction of sp³-hybridized carbons (Fsp3) is 0.462. The number of nitrogens with zero attached hydrogens (tertiary/aromatic N) is 1. The Morgan fingerprint density at radius 3 is 2.45 bits per heavy atom. The van der Waals surface area contributed by atoms with Crippen molar-refractivity contribution in [2.24, 2.45) is 5.73 Å². The molecule has 1 fully saturated rings. The summed E-state index contributed by atoms with van der Waals surface area (Å²) in [6.45, 7) is 0. The molecule has 1 aliphatic rings. The maximum absolute atomic E-state index is 13.4. The van der Waals surface area contributed by atoms with E-state index in [9.17, 15) is 19.3 Å². The second-order valence-corrected chi connectivity index (χ2v) is 5.23. The van der Waals surface area contributed by atoms with Gasteiger partial charge in [-0.2, -0.15) is 0 Å². The molecule has 1 aromatic rings. The number of halogens is 2. The minimum atomic E-state index is -0.869. The average molecular weight is 333 g/mol. The van der Waals surface area contributed by atoms with Crippen LogP contribution in [0.4, 0.5) is 15.8 Å². The van der Waals surface area contributed by atoms with Gasteiger partial charge in [-0.25, -0.2) is 4.39 Å². The number of benzene rings is 1. The number of rotatable bonds is 3. The molecule has 0 aliphatic heterocycles. The van der Waals surface area contributed by atoms with Crippen molar-refractivity contribution in [2.45, 2.75) is 37.8 Å². The number of amides is 1. The van der Waals surface area contributed by atoms with E-state index in [1.165, 1.54) is 0 Å². The Kier molecular flexibility index (Phi) is 6.07. The SMILES string of the molecule is Cl.Nc1c(C(=O)NC2CCC(N)CC2)cc(F)cc1[N+](=O)[O-]. The summed E-state index contributed by atoms with van der Waals surface area (Å²) < 4.78 is 13.4. The molecule has 0 spiro atoms. The molecule has 1 aliphatic carbocycles. The number of nitrogen functional groups attached to an aromatic ring is 1. The Morgan fingerprint density at radius 1 is 1.32 bits per heavy atom. The topological polar surface area (TPSA) is 124 Å². The van der Waals surface area contributed by atoms with E-state index >= 15 is 0 Å². The fourth-order valence-corrected chi connectivity index (χ4v) is 2.47. The third-order valence-electron chi connectivity index (χ3n) is 3.67. The number of nitrogens with two attached hydrogens (primary N) is 2. The first-order valence-electron chi connectivity index (χ1n) is 6.68. The van der Waals surface area contributed by atoms with E-state index < -0.39 is 22.3 Å². The summed E-state index contributed by atoms with van der Waals surface area (Å²) in [5.74, 6) is -1.47. The van der Waals surface area contributed by atoms with Crippen molar-refractivity contribution in [2.75, 3.05) is 5.73 Å². The van der Waals surface area contributed by atoms with E-state index in [2.05, 4.69) is 5.32 Å². The maximum atomic E-state index is 13.4. The molecule has 22 heavy (non-hydrogen) atoms. The third kappa shape index (κ3) is 4.05. The molecule has 0 aromatic heterocycles. The van der Waals surface area contributed by atoms with Crippen LogP contribution in [0.1, 0.15) is 36.0 Å². The summed E-state index contributed by atoms with van der Waals surface area (Å²) in [6.07, 6.45) is 3.04. The number of hydrogen-bond donors (Lipinski definition) is 3. The van der Waals surface area contributed by atoms with Crippen LogP contribution in [0.15, 0.2) is 12.1 Å². The monoisotopic (exact) mass is 332 g/mol. The molecule has 0 bridgehead atoms. The van der Waals surface area contributed by atoms with E-state index in [0.717, 1.165) is 31.7 Å². The second kappa shape index (κ2) is 7.37. The molecule has 0 heterocycles. The van der Waals surface area contributed by atoms with Crippen molar-refractivity contribution in [3.8, 4) is 0 Å². The minimum absolute atomic E-state index is 0. The molecule has 0 unspecified atom stereocenters. The molecule has 9 heteroatoms. The summed E-state index contributed by atoms with van der Waals surface area (Å²) in [6, 6.07) is 1.68. The molecule has 1 aromatic carbocycles. The van der Waals surface area contributed by atoms with Crippen LogP contribution in [0, 0.1) is 15.9 Å². The fourth-order valence-electron chi connectivity index (χ4n) is 2.47. The van der Waals surface area contributed by atoms with Crippen molar-refractivity contribution < 1.29 is 14.1 Å². The van der Waals surface area contributed by atoms with Crippen LogP contribution in [-0.2, 0) is 0 Å². The number of nitro groups is 1. The summed E-state index contributed by atoms with van der Waals surface area (Å²) in [5.41, 5.74) is 10.2. The number of nitro benzene ring substituents is 1. The number of hydrogen-bond acceptors (Lipinski definition) is 5. The number of carbonyl (C=O) groups excluding carboxylic acids is 1. The van der Waals surface area contributed by atoms with Gasteiger partial charge in [-0.1, -0.05) is 0 Å². The molecular weight excluding hydrogens is 315 g/mol. The zero-order chi connectivity index (χ0) is 15.6. The largest absolute Gasteiger partial charge is 0.393 e. The summed E-state index contributed by atoms with van der Waals surface area (Å²) in [4.78, 5) is 22.1. The molecule has 0 atom stereocenters. The van der Waals surface area contributed by atoms with Crippen LogP contribution in [0.3, 0.4) is 0 Å². The molecule has 122 valence electrons. The van der Waals surface area contributed by atoms with Gasteiger partial charge in [0.2, 0.25) is 0 Å². The van der Waals surface area contributed by atoms with Gasteiger partial charge in [-0.15, -0.1) is 12.4 Å². The van der Waals surface area contributed by atoms with Crippen LogP contribution < -0.4 is 16.8 Å². The first-order valence-corrected chi connectivity index (χ1v) is 6.68. The molecular formula is C13H18ClFN4O3. The molecule has 7 nitrogen and oxygen atoms in total. The van der Waals surface area contributed by atoms with Crippen LogP contribution in [-0.4, -0.2) is 22.9 Å². The average Bonchev–Trinajstić information content (AvgIpc) is 2.43. The van der Waals surface area contributed by atoms with Gasteiger partial charge < -0.3 is 16.8 Å². The smallest absolute Gasteiger partial charge is 0.295 e. The molecule has 1 saturated carbocycles. The van der Waals surface area contributed by atoms with E-state index in [0.29, 0.717) is 6.07 Å². The van der Waals surface area contributed by atoms with E-state index in [1.54, 1.807) is 0 Å². The number of nitrogens with one attached hydrogen (secondary N) is 1. The zero-order valence-electron chi connectivity index (χ0n) is 11.8. The Labute approximate surface area is 132 Å². The summed E-state index contributed by atoms with van der Waals surface area (Å²) in [7, 11) is 0. The maximum Gasteiger partial charge on any atom is 0.295 e. The van der Waals surface area contributed by atoms with Crippen molar-refractivity contribution in [1.82, 2.24) is 5.32 Å². The normalized spacial score (nSPS) is 20.8. The highest BCUT2D eigenvalue weighted by Crippen LogP contribution is 2.27. The van der Waals surface area contributed by atoms with E-state index in [-0.39, 0.29) is 35.7 Å². The molecule has 2 rings (SSSR count). The van der Waals surface area contributed by atoms with Crippen LogP contribution in [0.2, 0.25) is 0 Å². The predicted molar refractivity (Wildman–Crippen MR) is 82.4 cm³/mol. The van der Waals surface area contributed by atoms with Crippen LogP contribution >= 0.6 is 12.4 Å². The van der Waals surface area contributed by atoms with Crippen LogP contribution in [0.25, 0.3) is 0 Å². The zero-order valence-corrected chi connectivity index (χ0v) is 12.6. The lowest BCUT2D eigenvalue weighted by Gasteiger charge is -2.26. The first-order chi connectivity index (χ1) is 9.88. The number of anilines is 1. The highest BCUT2D eigenvalue weighted by molar-refractivity contribution is 6.01. The first kappa shape index (κ1) is 18.1. The van der Waals surface area contributed by atoms with Gasteiger partial charge in [0.05, 0.1) is 16.6 Å². The quantitative estimate of drug-likeness (QED) is 0.441. The third-order valence-corrected chi connectivity index (χ3v) is 3.67. The van der Waals surface area contributed by atoms with Crippen molar-refractivity contribution >= 4 is 29.7 Å². The van der Waals surface area contributed by atoms with Crippen molar-refractivity contribution in [3.05, 3.63) is 33.6 Å². The van der Waals surface area contributed by atoms with Gasteiger partial charge in [-0.3, -0.25) is 14.9 Å². The summed E-state index contributed by atoms with van der Waals surface area (Å²) in [5, 5.41) is 13.5. The van der Waals surface area contributed by atoms with Crippen LogP contribution in [0.5, 0.6) is 0 Å². The lowest BCUT2D eigenvalue weighted by molar-refractivity contribution is -0.384. The highest BCUT2D eigenvalue weighted by Gasteiger charge is 2.25. The second-order valence-electron chi connectivity index (χ2n) is 5.23. The Hall–Kier alpha value is -1.93. The van der Waals surface area contributed by atoms with Crippen molar-refractivity contribution in [1.29, 1.82) is 0 Å². The lowest BCUT2D eigenvalue weighted by atomic mass is 9.91. The standard InChI is InChI=1S/C13H17FN4O3.ClH/c14-7-5-10(12(16)11(6-7)18(20)21)13(19)17-9-3-1-8(15)2-4-9;/h5-6,8-9H,1-4,15-16H2,(H,17,19);1H. The Balaban J connectivity index is 0.00000242. The molecule has 1 amide bonds. The Morgan fingerprint density at radius 2 is 1.91 bits per heavy atom. The molecule has 0 radical (unpaired) electrons. The van der Waals surface area contributed by atoms with Gasteiger partial charge in [0.1, 0.15) is 11.5 Å². The van der Waals surface area contributed by atoms with Gasteiger partial charge in [-0.05, 0) is 31.7 Å². The van der Waals surface area contributed by atoms with Gasteiger partial charge in [0.15, 0.2) is 0 Å². The number of carbonyl (C=O) groups is 1. The molecule has 5 N–H and O–H groups in total. The van der Waals surface area contributed by atoms with Gasteiger partial charge in [0, 0.05) is 12.1 Å². The molecule has 0 saturated heterocycles. The highest BCUT2D eigenvalue weighted by atomic mass is 35.5. The summed E-state index contributed by atoms with van der Waals surface area (Å²) >= 11 is 0. The van der Waals surface area contributed by atoms with E-state index in [4.69, 9.17) is 11.5 Å². The van der Waals surface area contributed by atoms with Gasteiger partial charge >= 0.3 is 0 Å². The van der Waals surface area contributed by atoms with Gasteiger partial charge in [0.25, 0.3) is 11.6 Å². The predicted octanol–water partition coefficient (Wildman–Crippen LogP) is 1.74. The van der Waals surface area contributed by atoms with E-state index in [1.807, 2.05) is 0 Å². The lowest BCUT2D eigenvalue weighted by Crippen LogP contribution is -2.40. The minimum Gasteiger partial charge on any atom is -0.393 e. The van der Waals surface area contributed by atoms with Crippen molar-refractivity contribution in [3.63, 3.8) is 0 Å². The Bertz CT molecular complexity index is 577.